The molecular weight excluding hydrogens is 353 g/mol. The van der Waals surface area contributed by atoms with E-state index >= 15 is 0 Å². The lowest BCUT2D eigenvalue weighted by Crippen LogP contribution is -2.31. The predicted octanol–water partition coefficient (Wildman–Crippen LogP) is 2.47. The second-order valence-corrected chi connectivity index (χ2v) is 5.24. The monoisotopic (exact) mass is 362 g/mol. The van der Waals surface area contributed by atoms with E-state index in [4.69, 9.17) is 22.1 Å². The Morgan fingerprint density at radius 1 is 1.50 bits per heavy atom. The van der Waals surface area contributed by atoms with E-state index in [0.29, 0.717) is 0 Å². The van der Waals surface area contributed by atoms with Crippen LogP contribution in [-0.2, 0) is 11.8 Å². The van der Waals surface area contributed by atoms with E-state index < -0.39 is 30.3 Å². The third-order valence-corrected chi connectivity index (χ3v) is 3.60. The highest BCUT2D eigenvalue weighted by atomic mass is 35.5. The number of nitrogens with zero attached hydrogens (tertiary/aromatic N) is 2. The van der Waals surface area contributed by atoms with Gasteiger partial charge in [0.05, 0.1) is 5.69 Å². The van der Waals surface area contributed by atoms with Crippen LogP contribution in [0.4, 0.5) is 24.5 Å². The van der Waals surface area contributed by atoms with Crippen LogP contribution in [0.3, 0.4) is 0 Å². The van der Waals surface area contributed by atoms with Crippen LogP contribution in [0.5, 0.6) is 11.6 Å². The highest BCUT2D eigenvalue weighted by molar-refractivity contribution is 6.33. The van der Waals surface area contributed by atoms with E-state index in [-0.39, 0.29) is 27.8 Å². The number of nitrogens with two attached hydrogens (primary N) is 1. The Kier molecular flexibility index (Phi) is 3.91. The average molecular weight is 363 g/mol. The fourth-order valence-electron chi connectivity index (χ4n) is 2.26. The second-order valence-electron chi connectivity index (χ2n) is 4.86. The van der Waals surface area contributed by atoms with Crippen molar-refractivity contribution in [3.05, 3.63) is 28.7 Å². The van der Waals surface area contributed by atoms with Crippen LogP contribution in [0.2, 0.25) is 5.02 Å². The number of aromatic nitrogens is 2. The van der Waals surface area contributed by atoms with Gasteiger partial charge < -0.3 is 20.5 Å². The maximum atomic E-state index is 13.5. The van der Waals surface area contributed by atoms with E-state index in [9.17, 15) is 18.0 Å². The molecule has 0 saturated carbocycles. The van der Waals surface area contributed by atoms with Crippen molar-refractivity contribution in [3.63, 3.8) is 0 Å². The number of amides is 1. The zero-order valence-corrected chi connectivity index (χ0v) is 12.8. The molecular formula is C13H10ClF3N4O3. The smallest absolute Gasteiger partial charge is 0.388 e. The summed E-state index contributed by atoms with van der Waals surface area (Å²) in [6, 6.07) is 2.04. The Morgan fingerprint density at radius 3 is 2.88 bits per heavy atom. The summed E-state index contributed by atoms with van der Waals surface area (Å²) < 4.78 is 48.9. The van der Waals surface area contributed by atoms with Crippen molar-refractivity contribution in [2.24, 2.45) is 7.05 Å². The number of hydrogen-bond donors (Lipinski definition) is 2. The van der Waals surface area contributed by atoms with Crippen LogP contribution in [0, 0.1) is 5.82 Å². The maximum absolute atomic E-state index is 13.5. The molecule has 0 saturated heterocycles. The molecule has 1 amide bonds. The first-order chi connectivity index (χ1) is 11.3. The number of ether oxygens (including phenoxy) is 2. The summed E-state index contributed by atoms with van der Waals surface area (Å²) in [7, 11) is 1.30. The normalized spacial score (nSPS) is 16.6. The Morgan fingerprint density at radius 2 is 2.21 bits per heavy atom. The topological polar surface area (TPSA) is 91.4 Å². The number of fused-ring (bicyclic) bond motifs is 1. The summed E-state index contributed by atoms with van der Waals surface area (Å²) in [5.74, 6) is -1.82. The molecule has 7 nitrogen and oxygen atoms in total. The quantitative estimate of drug-likeness (QED) is 0.818. The first kappa shape index (κ1) is 16.2. The summed E-state index contributed by atoms with van der Waals surface area (Å²) in [5, 5.41) is 6.00. The molecule has 11 heteroatoms. The number of carbonyl (C=O) groups excluding carboxylic acids is 1. The Labute approximate surface area is 138 Å². The molecule has 1 atom stereocenters. The van der Waals surface area contributed by atoms with Crippen molar-refractivity contribution in [2.45, 2.75) is 12.7 Å². The highest BCUT2D eigenvalue weighted by Gasteiger charge is 2.36. The van der Waals surface area contributed by atoms with Crippen LogP contribution in [-0.4, -0.2) is 22.3 Å². The number of hydrogen-bond acceptors (Lipinski definition) is 5. The van der Waals surface area contributed by atoms with Gasteiger partial charge in [-0.1, -0.05) is 11.6 Å². The first-order valence-corrected chi connectivity index (χ1v) is 6.89. The van der Waals surface area contributed by atoms with E-state index in [1.54, 1.807) is 0 Å². The van der Waals surface area contributed by atoms with Gasteiger partial charge in [-0.05, 0) is 6.07 Å². The molecule has 1 unspecified atom stereocenters. The second kappa shape index (κ2) is 5.78. The van der Waals surface area contributed by atoms with Crippen LogP contribution >= 0.6 is 11.6 Å². The van der Waals surface area contributed by atoms with E-state index in [1.165, 1.54) is 7.05 Å². The lowest BCUT2D eigenvalue weighted by molar-refractivity contribution is -0.123. The van der Waals surface area contributed by atoms with Gasteiger partial charge >= 0.3 is 6.61 Å². The van der Waals surface area contributed by atoms with E-state index in [2.05, 4.69) is 15.2 Å². The number of benzene rings is 1. The molecule has 24 heavy (non-hydrogen) atoms. The molecule has 0 aliphatic carbocycles. The number of aryl methyl sites for hydroxylation is 1. The SMILES string of the molecule is Cn1nc(C2Oc3cc(F)cc(N)c3NC2=O)c(Cl)c1OC(F)F. The van der Waals surface area contributed by atoms with Gasteiger partial charge in [-0.25, -0.2) is 9.07 Å². The van der Waals surface area contributed by atoms with Crippen molar-refractivity contribution in [1.82, 2.24) is 9.78 Å². The Balaban J connectivity index is 2.00. The van der Waals surface area contributed by atoms with Gasteiger partial charge in [0.25, 0.3) is 5.91 Å². The molecule has 2 aromatic rings. The molecule has 0 radical (unpaired) electrons. The molecule has 1 aromatic heterocycles. The summed E-state index contributed by atoms with van der Waals surface area (Å²) >= 11 is 5.96. The van der Waals surface area contributed by atoms with Gasteiger partial charge in [0, 0.05) is 13.1 Å². The number of carbonyl (C=O) groups is 1. The van der Waals surface area contributed by atoms with Crippen molar-refractivity contribution in [1.29, 1.82) is 0 Å². The van der Waals surface area contributed by atoms with Crippen LogP contribution in [0.15, 0.2) is 12.1 Å². The fraction of sp³-hybridized carbons (Fsp3) is 0.231. The molecule has 0 spiro atoms. The number of anilines is 2. The lowest BCUT2D eigenvalue weighted by Gasteiger charge is -2.25. The summed E-state index contributed by atoms with van der Waals surface area (Å²) in [6.07, 6.45) is -1.38. The number of nitrogen functional groups attached to an aromatic ring is 1. The van der Waals surface area contributed by atoms with E-state index in [1.807, 2.05) is 0 Å². The van der Waals surface area contributed by atoms with Gasteiger partial charge in [-0.15, -0.1) is 0 Å². The first-order valence-electron chi connectivity index (χ1n) is 6.51. The van der Waals surface area contributed by atoms with Crippen molar-refractivity contribution in [2.75, 3.05) is 11.1 Å². The zero-order chi connectivity index (χ0) is 17.6. The number of halogens is 4. The van der Waals surface area contributed by atoms with Crippen molar-refractivity contribution < 1.29 is 27.4 Å². The van der Waals surface area contributed by atoms with Gasteiger partial charge in [-0.3, -0.25) is 4.79 Å². The number of nitrogens with one attached hydrogen (secondary N) is 1. The highest BCUT2D eigenvalue weighted by Crippen LogP contribution is 2.42. The molecule has 1 aliphatic heterocycles. The molecule has 2 heterocycles. The molecule has 3 N–H and O–H groups in total. The molecule has 1 aromatic carbocycles. The van der Waals surface area contributed by atoms with Gasteiger partial charge in [0.15, 0.2) is 0 Å². The summed E-state index contributed by atoms with van der Waals surface area (Å²) in [5.41, 5.74) is 5.55. The Bertz CT molecular complexity index is 827. The molecule has 3 rings (SSSR count). The van der Waals surface area contributed by atoms with Crippen LogP contribution in [0.1, 0.15) is 11.8 Å². The molecule has 0 fully saturated rings. The zero-order valence-electron chi connectivity index (χ0n) is 12.0. The minimum atomic E-state index is -3.12. The minimum absolute atomic E-state index is 0.0226. The molecule has 128 valence electrons. The average Bonchev–Trinajstić information content (AvgIpc) is 2.75. The van der Waals surface area contributed by atoms with E-state index in [0.717, 1.165) is 16.8 Å². The fourth-order valence-corrected chi connectivity index (χ4v) is 2.56. The minimum Gasteiger partial charge on any atom is -0.472 e. The van der Waals surface area contributed by atoms with Crippen LogP contribution < -0.4 is 20.5 Å². The summed E-state index contributed by atoms with van der Waals surface area (Å²) in [4.78, 5) is 12.2. The van der Waals surface area contributed by atoms with Gasteiger partial charge in [-0.2, -0.15) is 13.9 Å². The van der Waals surface area contributed by atoms with Crippen molar-refractivity contribution >= 4 is 28.9 Å². The predicted molar refractivity (Wildman–Crippen MR) is 77.7 cm³/mol. The molecule has 1 aliphatic rings. The van der Waals surface area contributed by atoms with Crippen molar-refractivity contribution in [3.8, 4) is 11.6 Å². The molecule has 0 bridgehead atoms. The van der Waals surface area contributed by atoms with Gasteiger partial charge in [0.2, 0.25) is 12.0 Å². The third-order valence-electron chi connectivity index (χ3n) is 3.24. The maximum Gasteiger partial charge on any atom is 0.388 e. The third kappa shape index (κ3) is 2.68. The lowest BCUT2D eigenvalue weighted by atomic mass is 10.1. The standard InChI is InChI=1S/C13H10ClF3N4O3/c1-21-12(24-13(16)17)7(14)9(20-21)10-11(22)19-8-5(18)2-4(15)3-6(8)23-10/h2-3,10,13H,18H2,1H3,(H,19,22). The largest absolute Gasteiger partial charge is 0.472 e. The van der Waals surface area contributed by atoms with Crippen LogP contribution in [0.25, 0.3) is 0 Å². The van der Waals surface area contributed by atoms with Gasteiger partial charge in [0.1, 0.15) is 28.0 Å². The number of alkyl halides is 2. The summed E-state index contributed by atoms with van der Waals surface area (Å²) in [6.45, 7) is -3.12. The number of rotatable bonds is 3. The Hall–Kier alpha value is -2.62.